The lowest BCUT2D eigenvalue weighted by atomic mass is 9.84. The van der Waals surface area contributed by atoms with Gasteiger partial charge in [0.2, 0.25) is 0 Å². The van der Waals surface area contributed by atoms with Crippen molar-refractivity contribution in [3.8, 4) is 0 Å². The second-order valence-corrected chi connectivity index (χ2v) is 6.47. The van der Waals surface area contributed by atoms with Crippen LogP contribution in [0.5, 0.6) is 0 Å². The fraction of sp³-hybridized carbons (Fsp3) is 0.938. The maximum atomic E-state index is 12.5. The van der Waals surface area contributed by atoms with E-state index in [2.05, 4.69) is 6.92 Å². The zero-order valence-corrected chi connectivity index (χ0v) is 12.3. The first kappa shape index (κ1) is 14.8. The third-order valence-electron chi connectivity index (χ3n) is 5.02. The summed E-state index contributed by atoms with van der Waals surface area (Å²) < 4.78 is 5.83. The Bertz CT molecular complexity index is 295. The van der Waals surface area contributed by atoms with Gasteiger partial charge in [-0.05, 0) is 44.4 Å². The Labute approximate surface area is 117 Å². The summed E-state index contributed by atoms with van der Waals surface area (Å²) in [4.78, 5) is 12.5. The fourth-order valence-corrected chi connectivity index (χ4v) is 3.61. The Morgan fingerprint density at radius 2 is 1.74 bits per heavy atom. The van der Waals surface area contributed by atoms with Crippen LogP contribution in [-0.4, -0.2) is 17.6 Å². The number of hydrogen-bond acceptors (Lipinski definition) is 3. The summed E-state index contributed by atoms with van der Waals surface area (Å²) in [6.07, 6.45) is 12.1. The molecule has 0 bridgehead atoms. The summed E-state index contributed by atoms with van der Waals surface area (Å²) in [6, 6.07) is 0. The quantitative estimate of drug-likeness (QED) is 0.628. The summed E-state index contributed by atoms with van der Waals surface area (Å²) in [7, 11) is 0. The number of carbonyl (C=O) groups excluding carboxylic acids is 1. The van der Waals surface area contributed by atoms with E-state index in [9.17, 15) is 4.79 Å². The molecule has 0 aromatic rings. The number of nitrogens with two attached hydrogens (primary N) is 1. The number of rotatable bonds is 3. The van der Waals surface area contributed by atoms with Gasteiger partial charge in [-0.25, -0.2) is 0 Å². The number of carbonyl (C=O) groups is 1. The van der Waals surface area contributed by atoms with Gasteiger partial charge in [-0.3, -0.25) is 4.79 Å². The highest BCUT2D eigenvalue weighted by Gasteiger charge is 2.38. The van der Waals surface area contributed by atoms with Gasteiger partial charge in [-0.2, -0.15) is 0 Å². The summed E-state index contributed by atoms with van der Waals surface area (Å²) in [5.74, 6) is 0.423. The first-order valence-corrected chi connectivity index (χ1v) is 8.15. The SMILES string of the molecule is CCC1CCCCC1OC(=O)C1(N)CCCCCC1. The van der Waals surface area contributed by atoms with Gasteiger partial charge >= 0.3 is 5.97 Å². The van der Waals surface area contributed by atoms with E-state index < -0.39 is 5.54 Å². The minimum atomic E-state index is -0.702. The first-order chi connectivity index (χ1) is 9.15. The van der Waals surface area contributed by atoms with E-state index in [0.29, 0.717) is 5.92 Å². The number of hydrogen-bond donors (Lipinski definition) is 1. The van der Waals surface area contributed by atoms with E-state index >= 15 is 0 Å². The van der Waals surface area contributed by atoms with Gasteiger partial charge in [0.25, 0.3) is 0 Å². The van der Waals surface area contributed by atoms with Crippen molar-refractivity contribution < 1.29 is 9.53 Å². The molecule has 2 saturated carbocycles. The molecule has 3 nitrogen and oxygen atoms in total. The predicted octanol–water partition coefficient (Wildman–Crippen LogP) is 3.55. The molecule has 2 aliphatic carbocycles. The minimum absolute atomic E-state index is 0.120. The van der Waals surface area contributed by atoms with E-state index in [0.717, 1.165) is 38.5 Å². The summed E-state index contributed by atoms with van der Waals surface area (Å²) in [5.41, 5.74) is 5.63. The van der Waals surface area contributed by atoms with Crippen LogP contribution in [0.1, 0.15) is 77.6 Å². The van der Waals surface area contributed by atoms with E-state index in [1.807, 2.05) is 0 Å². The molecule has 2 aliphatic rings. The monoisotopic (exact) mass is 267 g/mol. The second kappa shape index (κ2) is 6.74. The zero-order valence-electron chi connectivity index (χ0n) is 12.3. The Kier molecular flexibility index (Phi) is 5.26. The van der Waals surface area contributed by atoms with Crippen molar-refractivity contribution in [2.24, 2.45) is 11.7 Å². The summed E-state index contributed by atoms with van der Waals surface area (Å²) in [5, 5.41) is 0. The van der Waals surface area contributed by atoms with Gasteiger partial charge in [-0.1, -0.05) is 39.0 Å². The molecule has 110 valence electrons. The molecule has 0 amide bonds. The summed E-state index contributed by atoms with van der Waals surface area (Å²) in [6.45, 7) is 2.20. The van der Waals surface area contributed by atoms with Crippen molar-refractivity contribution in [3.05, 3.63) is 0 Å². The lowest BCUT2D eigenvalue weighted by molar-refractivity contribution is -0.161. The van der Waals surface area contributed by atoms with Gasteiger partial charge in [-0.15, -0.1) is 0 Å². The maximum absolute atomic E-state index is 12.5. The number of ether oxygens (including phenoxy) is 1. The van der Waals surface area contributed by atoms with Crippen molar-refractivity contribution in [1.29, 1.82) is 0 Å². The molecule has 0 aromatic carbocycles. The molecule has 0 spiro atoms. The molecule has 0 heterocycles. The van der Waals surface area contributed by atoms with Gasteiger partial charge in [0.05, 0.1) is 0 Å². The van der Waals surface area contributed by atoms with Gasteiger partial charge in [0.1, 0.15) is 11.6 Å². The van der Waals surface area contributed by atoms with Crippen molar-refractivity contribution in [2.75, 3.05) is 0 Å². The predicted molar refractivity (Wildman–Crippen MR) is 76.7 cm³/mol. The van der Waals surface area contributed by atoms with E-state index in [1.54, 1.807) is 0 Å². The molecule has 3 heteroatoms. The van der Waals surface area contributed by atoms with Gasteiger partial charge in [0, 0.05) is 0 Å². The molecule has 2 fully saturated rings. The lowest BCUT2D eigenvalue weighted by Gasteiger charge is -2.34. The molecule has 0 radical (unpaired) electrons. The molecule has 19 heavy (non-hydrogen) atoms. The van der Waals surface area contributed by atoms with Crippen LogP contribution in [0.3, 0.4) is 0 Å². The van der Waals surface area contributed by atoms with Crippen LogP contribution in [0.25, 0.3) is 0 Å². The molecule has 0 saturated heterocycles. The largest absolute Gasteiger partial charge is 0.461 e. The third-order valence-corrected chi connectivity index (χ3v) is 5.02. The standard InChI is InChI=1S/C16H29NO2/c1-2-13-9-5-6-10-14(13)19-15(18)16(17)11-7-3-4-8-12-16/h13-14H,2-12,17H2,1H3. The van der Waals surface area contributed by atoms with Crippen LogP contribution in [0.15, 0.2) is 0 Å². The number of esters is 1. The summed E-state index contributed by atoms with van der Waals surface area (Å²) >= 11 is 0. The van der Waals surface area contributed by atoms with E-state index in [1.165, 1.54) is 32.1 Å². The first-order valence-electron chi connectivity index (χ1n) is 8.15. The van der Waals surface area contributed by atoms with Crippen molar-refractivity contribution in [3.63, 3.8) is 0 Å². The van der Waals surface area contributed by atoms with Crippen molar-refractivity contribution in [1.82, 2.24) is 0 Å². The fourth-order valence-electron chi connectivity index (χ4n) is 3.61. The van der Waals surface area contributed by atoms with E-state index in [4.69, 9.17) is 10.5 Å². The van der Waals surface area contributed by atoms with Crippen LogP contribution < -0.4 is 5.73 Å². The zero-order chi connectivity index (χ0) is 13.7. The Morgan fingerprint density at radius 3 is 2.37 bits per heavy atom. The normalized spacial score (nSPS) is 31.5. The van der Waals surface area contributed by atoms with Crippen LogP contribution in [0.2, 0.25) is 0 Å². The Hall–Kier alpha value is -0.570. The smallest absolute Gasteiger partial charge is 0.326 e. The third kappa shape index (κ3) is 3.71. The molecule has 2 rings (SSSR count). The van der Waals surface area contributed by atoms with Crippen molar-refractivity contribution in [2.45, 2.75) is 89.2 Å². The average Bonchev–Trinajstić information content (AvgIpc) is 2.65. The molecular formula is C16H29NO2. The molecule has 2 N–H and O–H groups in total. The average molecular weight is 267 g/mol. The minimum Gasteiger partial charge on any atom is -0.461 e. The highest BCUT2D eigenvalue weighted by atomic mass is 16.5. The van der Waals surface area contributed by atoms with Crippen molar-refractivity contribution >= 4 is 5.97 Å². The molecular weight excluding hydrogens is 238 g/mol. The van der Waals surface area contributed by atoms with E-state index in [-0.39, 0.29) is 12.1 Å². The lowest BCUT2D eigenvalue weighted by Crippen LogP contribution is -2.50. The highest BCUT2D eigenvalue weighted by Crippen LogP contribution is 2.32. The van der Waals surface area contributed by atoms with Gasteiger partial charge in [0.15, 0.2) is 0 Å². The topological polar surface area (TPSA) is 52.3 Å². The van der Waals surface area contributed by atoms with Crippen LogP contribution in [0, 0.1) is 5.92 Å². The Balaban J connectivity index is 1.94. The molecule has 0 aromatic heterocycles. The molecule has 2 atom stereocenters. The Morgan fingerprint density at radius 1 is 1.11 bits per heavy atom. The van der Waals surface area contributed by atoms with Gasteiger partial charge < -0.3 is 10.5 Å². The van der Waals surface area contributed by atoms with Crippen LogP contribution >= 0.6 is 0 Å². The maximum Gasteiger partial charge on any atom is 0.326 e. The molecule has 0 aliphatic heterocycles. The second-order valence-electron chi connectivity index (χ2n) is 6.47. The van der Waals surface area contributed by atoms with Crippen LogP contribution in [0.4, 0.5) is 0 Å². The molecule has 2 unspecified atom stereocenters. The highest BCUT2D eigenvalue weighted by molar-refractivity contribution is 5.80. The van der Waals surface area contributed by atoms with Crippen LogP contribution in [-0.2, 0) is 9.53 Å².